The monoisotopic (exact) mass is 228 g/mol. The van der Waals surface area contributed by atoms with Crippen LogP contribution >= 0.6 is 0 Å². The number of aliphatic hydroxyl groups is 1. The predicted octanol–water partition coefficient (Wildman–Crippen LogP) is 0.749. The van der Waals surface area contributed by atoms with Gasteiger partial charge in [-0.1, -0.05) is 0 Å². The van der Waals surface area contributed by atoms with E-state index < -0.39 is 0 Å². The number of nitrogens with zero attached hydrogens (tertiary/aromatic N) is 1. The van der Waals surface area contributed by atoms with Crippen molar-refractivity contribution >= 4 is 5.91 Å². The van der Waals surface area contributed by atoms with E-state index in [-0.39, 0.29) is 12.5 Å². The third kappa shape index (κ3) is 4.94. The molecule has 1 aliphatic rings. The second kappa shape index (κ2) is 7.63. The van der Waals surface area contributed by atoms with Crippen LogP contribution in [0.2, 0.25) is 0 Å². The molecule has 0 radical (unpaired) electrons. The van der Waals surface area contributed by atoms with Crippen molar-refractivity contribution in [1.29, 1.82) is 0 Å². The van der Waals surface area contributed by atoms with Crippen LogP contribution in [0.4, 0.5) is 0 Å². The highest BCUT2D eigenvalue weighted by Crippen LogP contribution is 2.08. The van der Waals surface area contributed by atoms with E-state index in [0.29, 0.717) is 12.5 Å². The lowest BCUT2D eigenvalue weighted by Crippen LogP contribution is -2.33. The van der Waals surface area contributed by atoms with Crippen molar-refractivity contribution in [2.45, 2.75) is 45.1 Å². The average Bonchev–Trinajstić information content (AvgIpc) is 2.79. The summed E-state index contributed by atoms with van der Waals surface area (Å²) in [6.07, 6.45) is 4.71. The molecule has 94 valence electrons. The van der Waals surface area contributed by atoms with Crippen molar-refractivity contribution in [3.05, 3.63) is 0 Å². The molecule has 1 amide bonds. The predicted molar refractivity (Wildman–Crippen MR) is 64.2 cm³/mol. The van der Waals surface area contributed by atoms with Gasteiger partial charge in [0.1, 0.15) is 0 Å². The van der Waals surface area contributed by atoms with Crippen LogP contribution < -0.4 is 5.32 Å². The zero-order chi connectivity index (χ0) is 11.8. The molecular formula is C12H24N2O2. The molecule has 1 heterocycles. The maximum absolute atomic E-state index is 11.7. The van der Waals surface area contributed by atoms with Crippen LogP contribution in [-0.4, -0.2) is 48.2 Å². The minimum Gasteiger partial charge on any atom is -0.396 e. The molecule has 1 aliphatic heterocycles. The van der Waals surface area contributed by atoms with Gasteiger partial charge < -0.3 is 15.3 Å². The maximum Gasteiger partial charge on any atom is 0.223 e. The van der Waals surface area contributed by atoms with E-state index in [2.05, 4.69) is 12.2 Å². The Morgan fingerprint density at radius 1 is 1.44 bits per heavy atom. The Balaban J connectivity index is 2.03. The van der Waals surface area contributed by atoms with Gasteiger partial charge in [0.25, 0.3) is 0 Å². The van der Waals surface area contributed by atoms with Crippen molar-refractivity contribution in [1.82, 2.24) is 10.2 Å². The highest BCUT2D eigenvalue weighted by molar-refractivity contribution is 5.76. The molecule has 0 aromatic rings. The Morgan fingerprint density at radius 3 is 2.75 bits per heavy atom. The van der Waals surface area contributed by atoms with Gasteiger partial charge in [-0.25, -0.2) is 0 Å². The SMILES string of the molecule is CC(CCCO)NCCC(=O)N1CCCC1. The van der Waals surface area contributed by atoms with Crippen molar-refractivity contribution in [3.8, 4) is 0 Å². The van der Waals surface area contributed by atoms with Gasteiger partial charge >= 0.3 is 0 Å². The van der Waals surface area contributed by atoms with Crippen LogP contribution in [0.5, 0.6) is 0 Å². The Bertz CT molecular complexity index is 203. The number of amides is 1. The van der Waals surface area contributed by atoms with Crippen molar-refractivity contribution in [2.24, 2.45) is 0 Å². The first-order valence-corrected chi connectivity index (χ1v) is 6.36. The van der Waals surface area contributed by atoms with E-state index >= 15 is 0 Å². The molecule has 4 heteroatoms. The number of aliphatic hydroxyl groups excluding tert-OH is 1. The number of carbonyl (C=O) groups excluding carboxylic acids is 1. The van der Waals surface area contributed by atoms with Gasteiger partial charge in [0.15, 0.2) is 0 Å². The summed E-state index contributed by atoms with van der Waals surface area (Å²) in [5, 5.41) is 12.0. The molecule has 0 bridgehead atoms. The van der Waals surface area contributed by atoms with Crippen LogP contribution in [-0.2, 0) is 4.79 Å². The third-order valence-electron chi connectivity index (χ3n) is 3.09. The largest absolute Gasteiger partial charge is 0.396 e. The molecule has 0 saturated carbocycles. The van der Waals surface area contributed by atoms with Gasteiger partial charge in [0.2, 0.25) is 5.91 Å². The van der Waals surface area contributed by atoms with E-state index in [0.717, 1.165) is 45.3 Å². The summed E-state index contributed by atoms with van der Waals surface area (Å²) in [4.78, 5) is 13.6. The summed E-state index contributed by atoms with van der Waals surface area (Å²) in [6.45, 7) is 4.98. The molecule has 0 aliphatic carbocycles. The van der Waals surface area contributed by atoms with Gasteiger partial charge in [-0.3, -0.25) is 4.79 Å². The first-order valence-electron chi connectivity index (χ1n) is 6.36. The maximum atomic E-state index is 11.7. The van der Waals surface area contributed by atoms with Crippen LogP contribution in [0, 0.1) is 0 Å². The highest BCUT2D eigenvalue weighted by Gasteiger charge is 2.17. The Hall–Kier alpha value is -0.610. The summed E-state index contributed by atoms with van der Waals surface area (Å²) in [7, 11) is 0. The number of nitrogens with one attached hydrogen (secondary N) is 1. The zero-order valence-corrected chi connectivity index (χ0v) is 10.2. The normalized spacial score (nSPS) is 17.8. The smallest absolute Gasteiger partial charge is 0.223 e. The van der Waals surface area contributed by atoms with Crippen molar-refractivity contribution < 1.29 is 9.90 Å². The number of hydrogen-bond acceptors (Lipinski definition) is 3. The van der Waals surface area contributed by atoms with Gasteiger partial charge in [-0.2, -0.15) is 0 Å². The molecular weight excluding hydrogens is 204 g/mol. The highest BCUT2D eigenvalue weighted by atomic mass is 16.2. The van der Waals surface area contributed by atoms with Gasteiger partial charge in [-0.05, 0) is 32.6 Å². The number of rotatable bonds is 7. The first-order chi connectivity index (χ1) is 7.74. The summed E-state index contributed by atoms with van der Waals surface area (Å²) < 4.78 is 0. The Labute approximate surface area is 98.0 Å². The molecule has 1 fully saturated rings. The fourth-order valence-electron chi connectivity index (χ4n) is 2.05. The molecule has 1 rings (SSSR count). The van der Waals surface area contributed by atoms with Gasteiger partial charge in [0.05, 0.1) is 0 Å². The lowest BCUT2D eigenvalue weighted by atomic mass is 10.2. The first kappa shape index (κ1) is 13.5. The quantitative estimate of drug-likeness (QED) is 0.676. The summed E-state index contributed by atoms with van der Waals surface area (Å²) in [5.74, 6) is 0.277. The molecule has 0 spiro atoms. The van der Waals surface area contributed by atoms with Crippen LogP contribution in [0.1, 0.15) is 39.0 Å². The fourth-order valence-corrected chi connectivity index (χ4v) is 2.05. The van der Waals surface area contributed by atoms with E-state index in [9.17, 15) is 4.79 Å². The Kier molecular flexibility index (Phi) is 6.42. The van der Waals surface area contributed by atoms with Crippen LogP contribution in [0.25, 0.3) is 0 Å². The Morgan fingerprint density at radius 2 is 2.12 bits per heavy atom. The van der Waals surface area contributed by atoms with Crippen molar-refractivity contribution in [3.63, 3.8) is 0 Å². The minimum absolute atomic E-state index is 0.249. The molecule has 0 aromatic carbocycles. The standard InChI is InChI=1S/C12H24N2O2/c1-11(5-4-10-15)13-7-6-12(16)14-8-2-3-9-14/h11,13,15H,2-10H2,1H3. The van der Waals surface area contributed by atoms with E-state index in [4.69, 9.17) is 5.11 Å². The zero-order valence-electron chi connectivity index (χ0n) is 10.2. The van der Waals surface area contributed by atoms with Crippen LogP contribution in [0.15, 0.2) is 0 Å². The number of hydrogen-bond donors (Lipinski definition) is 2. The molecule has 1 atom stereocenters. The minimum atomic E-state index is 0.249. The van der Waals surface area contributed by atoms with E-state index in [1.54, 1.807) is 0 Å². The number of carbonyl (C=O) groups is 1. The molecule has 2 N–H and O–H groups in total. The summed E-state index contributed by atoms with van der Waals surface area (Å²) in [6, 6.07) is 0.388. The van der Waals surface area contributed by atoms with Crippen LogP contribution in [0.3, 0.4) is 0 Å². The third-order valence-corrected chi connectivity index (χ3v) is 3.09. The van der Waals surface area contributed by atoms with Gasteiger partial charge in [0, 0.05) is 38.7 Å². The lowest BCUT2D eigenvalue weighted by molar-refractivity contribution is -0.130. The molecule has 1 unspecified atom stereocenters. The van der Waals surface area contributed by atoms with Gasteiger partial charge in [-0.15, -0.1) is 0 Å². The topological polar surface area (TPSA) is 52.6 Å². The lowest BCUT2D eigenvalue weighted by Gasteiger charge is -2.17. The average molecular weight is 228 g/mol. The van der Waals surface area contributed by atoms with E-state index in [1.807, 2.05) is 4.90 Å². The molecule has 1 saturated heterocycles. The molecule has 0 aromatic heterocycles. The molecule has 16 heavy (non-hydrogen) atoms. The summed E-state index contributed by atoms with van der Waals surface area (Å²) >= 11 is 0. The second-order valence-corrected chi connectivity index (χ2v) is 4.56. The fraction of sp³-hybridized carbons (Fsp3) is 0.917. The molecule has 4 nitrogen and oxygen atoms in total. The summed E-state index contributed by atoms with van der Waals surface area (Å²) in [5.41, 5.74) is 0. The second-order valence-electron chi connectivity index (χ2n) is 4.56. The van der Waals surface area contributed by atoms with Crippen molar-refractivity contribution in [2.75, 3.05) is 26.2 Å². The van der Waals surface area contributed by atoms with E-state index in [1.165, 1.54) is 0 Å². The number of likely N-dealkylation sites (tertiary alicyclic amines) is 1.